The molecule has 1 aliphatic heterocycles. The van der Waals surface area contributed by atoms with Crippen molar-refractivity contribution < 1.29 is 14.3 Å². The zero-order valence-electron chi connectivity index (χ0n) is 14.0. The van der Waals surface area contributed by atoms with Crippen LogP contribution in [0.1, 0.15) is 18.9 Å². The smallest absolute Gasteiger partial charge is 0.254 e. The molecular weight excluding hydrogens is 316 g/mol. The number of benzene rings is 1. The number of carbonyl (C=O) groups excluding carboxylic acids is 2. The van der Waals surface area contributed by atoms with Crippen LogP contribution in [0.5, 0.6) is 5.75 Å². The lowest BCUT2D eigenvalue weighted by Gasteiger charge is -2.37. The molecule has 1 aromatic rings. The lowest BCUT2D eigenvalue weighted by Crippen LogP contribution is -2.40. The van der Waals surface area contributed by atoms with Crippen molar-refractivity contribution in [3.63, 3.8) is 0 Å². The van der Waals surface area contributed by atoms with Crippen molar-refractivity contribution in [2.75, 3.05) is 6.61 Å². The van der Waals surface area contributed by atoms with Gasteiger partial charge in [-0.05, 0) is 66.8 Å². The molecule has 3 fully saturated rings. The predicted octanol–water partition coefficient (Wildman–Crippen LogP) is 2.47. The summed E-state index contributed by atoms with van der Waals surface area (Å²) >= 11 is 0. The predicted molar refractivity (Wildman–Crippen MR) is 91.8 cm³/mol. The summed E-state index contributed by atoms with van der Waals surface area (Å²) in [5, 5.41) is 5.35. The molecule has 5 nitrogen and oxygen atoms in total. The average molecular weight is 336 g/mol. The molecule has 2 bridgehead atoms. The number of imide groups is 1. The summed E-state index contributed by atoms with van der Waals surface area (Å²) in [6.45, 7) is 2.55. The van der Waals surface area contributed by atoms with Gasteiger partial charge in [0, 0.05) is 0 Å². The number of hydrogen-bond acceptors (Lipinski definition) is 4. The van der Waals surface area contributed by atoms with E-state index in [0.717, 1.165) is 16.3 Å². The third kappa shape index (κ3) is 2.11. The zero-order chi connectivity index (χ0) is 17.1. The first-order valence-electron chi connectivity index (χ1n) is 9.02. The molecule has 25 heavy (non-hydrogen) atoms. The molecule has 0 spiro atoms. The fraction of sp³-hybridized carbons (Fsp3) is 0.450. The van der Waals surface area contributed by atoms with Crippen LogP contribution in [-0.4, -0.2) is 29.6 Å². The van der Waals surface area contributed by atoms with E-state index in [0.29, 0.717) is 18.4 Å². The molecule has 6 rings (SSSR count). The summed E-state index contributed by atoms with van der Waals surface area (Å²) in [6.07, 6.45) is 7.10. The number of ether oxygens (including phenoxy) is 1. The Morgan fingerprint density at radius 2 is 1.68 bits per heavy atom. The number of carbonyl (C=O) groups is 2. The Labute approximate surface area is 146 Å². The summed E-state index contributed by atoms with van der Waals surface area (Å²) < 4.78 is 5.41. The monoisotopic (exact) mass is 336 g/mol. The maximum Gasteiger partial charge on any atom is 0.254 e. The van der Waals surface area contributed by atoms with Crippen molar-refractivity contribution in [1.82, 2.24) is 5.01 Å². The highest BCUT2D eigenvalue weighted by Crippen LogP contribution is 2.65. The van der Waals surface area contributed by atoms with E-state index in [1.807, 2.05) is 31.2 Å². The van der Waals surface area contributed by atoms with Crippen molar-refractivity contribution in [2.45, 2.75) is 13.3 Å². The second-order valence-corrected chi connectivity index (χ2v) is 7.39. The quantitative estimate of drug-likeness (QED) is 0.482. The van der Waals surface area contributed by atoms with E-state index in [4.69, 9.17) is 4.74 Å². The molecule has 1 heterocycles. The van der Waals surface area contributed by atoms with E-state index in [1.165, 1.54) is 6.42 Å². The van der Waals surface area contributed by atoms with Gasteiger partial charge in [0.1, 0.15) is 5.75 Å². The fourth-order valence-corrected chi connectivity index (χ4v) is 5.00. The molecule has 128 valence electrons. The van der Waals surface area contributed by atoms with Crippen LogP contribution in [0.4, 0.5) is 0 Å². The van der Waals surface area contributed by atoms with Gasteiger partial charge in [0.05, 0.1) is 24.7 Å². The molecule has 2 saturated carbocycles. The third-order valence-corrected chi connectivity index (χ3v) is 6.15. The van der Waals surface area contributed by atoms with E-state index in [-0.39, 0.29) is 35.5 Å². The standard InChI is InChI=1S/C20H20N2O3/c1-2-25-12-5-3-11(4-6-12)10-21-22-19(23)17-13-7-8-14(16-9-15(13)16)18(17)20(22)24/h3-8,10,13-18H,2,9H2,1H3/b21-10-/t13-,14-,15-,16+,17-,18-/m1/s1. The van der Waals surface area contributed by atoms with Gasteiger partial charge in [0.25, 0.3) is 11.8 Å². The van der Waals surface area contributed by atoms with E-state index >= 15 is 0 Å². The number of hydrazone groups is 1. The second kappa shape index (κ2) is 5.28. The number of amides is 2. The van der Waals surface area contributed by atoms with Gasteiger partial charge in [0.2, 0.25) is 0 Å². The topological polar surface area (TPSA) is 59.0 Å². The Morgan fingerprint density at radius 1 is 1.08 bits per heavy atom. The highest BCUT2D eigenvalue weighted by Gasteiger charge is 2.67. The summed E-state index contributed by atoms with van der Waals surface area (Å²) in [5.74, 6) is 1.87. The van der Waals surface area contributed by atoms with E-state index in [9.17, 15) is 9.59 Å². The highest BCUT2D eigenvalue weighted by atomic mass is 16.5. The van der Waals surface area contributed by atoms with Crippen molar-refractivity contribution in [3.05, 3.63) is 42.0 Å². The third-order valence-electron chi connectivity index (χ3n) is 6.15. The van der Waals surface area contributed by atoms with Crippen LogP contribution in [0.25, 0.3) is 0 Å². The van der Waals surface area contributed by atoms with Gasteiger partial charge < -0.3 is 4.74 Å². The maximum absolute atomic E-state index is 12.8. The largest absolute Gasteiger partial charge is 0.494 e. The Balaban J connectivity index is 1.37. The minimum atomic E-state index is -0.191. The molecule has 5 aliphatic rings. The van der Waals surface area contributed by atoms with Crippen LogP contribution in [0, 0.1) is 35.5 Å². The summed E-state index contributed by atoms with van der Waals surface area (Å²) in [7, 11) is 0. The minimum Gasteiger partial charge on any atom is -0.494 e. The number of rotatable bonds is 4. The molecule has 4 aliphatic carbocycles. The molecule has 1 saturated heterocycles. The summed E-state index contributed by atoms with van der Waals surface area (Å²) in [4.78, 5) is 25.6. The number of hydrogen-bond donors (Lipinski definition) is 0. The first-order chi connectivity index (χ1) is 12.2. The fourth-order valence-electron chi connectivity index (χ4n) is 5.00. The molecule has 0 aromatic heterocycles. The van der Waals surface area contributed by atoms with Crippen molar-refractivity contribution in [1.29, 1.82) is 0 Å². The summed E-state index contributed by atoms with van der Waals surface area (Å²) in [5.41, 5.74) is 0.836. The minimum absolute atomic E-state index is 0.123. The molecule has 2 amide bonds. The Hall–Kier alpha value is -2.43. The first-order valence-corrected chi connectivity index (χ1v) is 9.02. The Morgan fingerprint density at radius 3 is 2.24 bits per heavy atom. The molecular formula is C20H20N2O3. The average Bonchev–Trinajstić information content (AvgIpc) is 3.41. The Bertz CT molecular complexity index is 762. The molecule has 0 radical (unpaired) electrons. The van der Waals surface area contributed by atoms with Crippen molar-refractivity contribution in [2.24, 2.45) is 40.6 Å². The zero-order valence-corrected chi connectivity index (χ0v) is 14.0. The molecule has 0 N–H and O–H groups in total. The SMILES string of the molecule is CCOc1ccc(/C=N\N2C(=O)[C@@H]3[C@@H]4C=C[C@H]([C@@H]5C[C@H]45)[C@H]3C2=O)cc1. The normalized spacial score (nSPS) is 37.6. The highest BCUT2D eigenvalue weighted by molar-refractivity contribution is 6.06. The van der Waals surface area contributed by atoms with Crippen LogP contribution in [0.3, 0.4) is 0 Å². The first kappa shape index (κ1) is 14.9. The molecule has 1 aromatic carbocycles. The lowest BCUT2D eigenvalue weighted by molar-refractivity contribution is -0.140. The molecule has 0 unspecified atom stereocenters. The van der Waals surface area contributed by atoms with Gasteiger partial charge in [-0.25, -0.2) is 0 Å². The van der Waals surface area contributed by atoms with Crippen LogP contribution >= 0.6 is 0 Å². The van der Waals surface area contributed by atoms with Gasteiger partial charge in [-0.1, -0.05) is 12.2 Å². The van der Waals surface area contributed by atoms with E-state index in [1.54, 1.807) is 6.21 Å². The number of allylic oxidation sites excluding steroid dienone is 2. The van der Waals surface area contributed by atoms with Crippen LogP contribution in [0.15, 0.2) is 41.5 Å². The van der Waals surface area contributed by atoms with E-state index in [2.05, 4.69) is 17.3 Å². The van der Waals surface area contributed by atoms with E-state index < -0.39 is 0 Å². The Kier molecular flexibility index (Phi) is 3.14. The second-order valence-electron chi connectivity index (χ2n) is 7.39. The van der Waals surface area contributed by atoms with Gasteiger partial charge >= 0.3 is 0 Å². The number of nitrogens with zero attached hydrogens (tertiary/aromatic N) is 2. The summed E-state index contributed by atoms with van der Waals surface area (Å²) in [6, 6.07) is 7.45. The molecule has 6 atom stereocenters. The lowest BCUT2D eigenvalue weighted by atomic mass is 9.63. The van der Waals surface area contributed by atoms with Crippen molar-refractivity contribution in [3.8, 4) is 5.75 Å². The van der Waals surface area contributed by atoms with Crippen molar-refractivity contribution >= 4 is 18.0 Å². The maximum atomic E-state index is 12.8. The van der Waals surface area contributed by atoms with Crippen LogP contribution < -0.4 is 4.74 Å². The van der Waals surface area contributed by atoms with Crippen LogP contribution in [0.2, 0.25) is 0 Å². The van der Waals surface area contributed by atoms with Crippen LogP contribution in [-0.2, 0) is 9.59 Å². The van der Waals surface area contributed by atoms with Gasteiger partial charge in [-0.2, -0.15) is 10.1 Å². The van der Waals surface area contributed by atoms with Gasteiger partial charge in [-0.15, -0.1) is 0 Å². The molecule has 5 heteroatoms. The van der Waals surface area contributed by atoms with Gasteiger partial charge in [-0.3, -0.25) is 9.59 Å². The van der Waals surface area contributed by atoms with Gasteiger partial charge in [0.15, 0.2) is 0 Å².